The van der Waals surface area contributed by atoms with Gasteiger partial charge in [0.05, 0.1) is 12.8 Å². The van der Waals surface area contributed by atoms with E-state index < -0.39 is 11.6 Å². The molecule has 1 atom stereocenters. The molecule has 1 unspecified atom stereocenters. The van der Waals surface area contributed by atoms with Crippen molar-refractivity contribution in [3.05, 3.63) is 59.9 Å². The average Bonchev–Trinajstić information content (AvgIpc) is 3.29. The number of methoxy groups -OCH3 is 1. The first kappa shape index (κ1) is 17.1. The molecule has 8 heteroatoms. The Hall–Kier alpha value is -3.29. The molecule has 0 radical (unpaired) electrons. The quantitative estimate of drug-likeness (QED) is 0.702. The lowest BCUT2D eigenvalue weighted by molar-refractivity contribution is -0.117. The lowest BCUT2D eigenvalue weighted by Gasteiger charge is -2.16. The molecule has 3 aromatic rings. The second kappa shape index (κ2) is 6.79. The van der Waals surface area contributed by atoms with Gasteiger partial charge in [0.1, 0.15) is 17.4 Å². The molecule has 27 heavy (non-hydrogen) atoms. The molecule has 0 saturated carbocycles. The molecular weight excluding hydrogens is 356 g/mol. The smallest absolute Gasteiger partial charge is 0.257 e. The fraction of sp³-hybridized carbons (Fsp3) is 0.211. The van der Waals surface area contributed by atoms with Crippen LogP contribution in [0.3, 0.4) is 0 Å². The molecule has 2 aromatic carbocycles. The molecule has 0 aliphatic carbocycles. The monoisotopic (exact) mass is 371 g/mol. The van der Waals surface area contributed by atoms with Crippen LogP contribution >= 0.6 is 0 Å². The topological polar surface area (TPSA) is 68.5 Å². The first-order chi connectivity index (χ1) is 13.0. The van der Waals surface area contributed by atoms with E-state index in [1.54, 1.807) is 31.4 Å². The standard InChI is InChI=1S/C19H15F2N3O3/c1-26-14-5-2-11(3-6-14)19-22-18(23-27-19)12-8-17(25)24(10-12)16-7-4-13(20)9-15(16)21/h2-7,9,12H,8,10H2,1H3. The maximum absolute atomic E-state index is 14.0. The molecule has 138 valence electrons. The van der Waals surface area contributed by atoms with Gasteiger partial charge in [0.25, 0.3) is 5.89 Å². The second-order valence-electron chi connectivity index (χ2n) is 6.19. The summed E-state index contributed by atoms with van der Waals surface area (Å²) in [5.74, 6) is -0.681. The fourth-order valence-electron chi connectivity index (χ4n) is 3.07. The van der Waals surface area contributed by atoms with Crippen molar-refractivity contribution in [1.82, 2.24) is 10.1 Å². The van der Waals surface area contributed by atoms with Crippen LogP contribution in [0.4, 0.5) is 14.5 Å². The maximum Gasteiger partial charge on any atom is 0.257 e. The van der Waals surface area contributed by atoms with Gasteiger partial charge in [-0.25, -0.2) is 8.78 Å². The highest BCUT2D eigenvalue weighted by Crippen LogP contribution is 2.33. The van der Waals surface area contributed by atoms with Gasteiger partial charge in [-0.1, -0.05) is 5.16 Å². The average molecular weight is 371 g/mol. The van der Waals surface area contributed by atoms with Gasteiger partial charge in [-0.15, -0.1) is 0 Å². The summed E-state index contributed by atoms with van der Waals surface area (Å²) >= 11 is 0. The van der Waals surface area contributed by atoms with E-state index in [9.17, 15) is 13.6 Å². The van der Waals surface area contributed by atoms with Gasteiger partial charge in [0.2, 0.25) is 5.91 Å². The van der Waals surface area contributed by atoms with E-state index in [1.165, 1.54) is 11.0 Å². The molecular formula is C19H15F2N3O3. The lowest BCUT2D eigenvalue weighted by Crippen LogP contribution is -2.25. The SMILES string of the molecule is COc1ccc(-c2nc(C3CC(=O)N(c4ccc(F)cc4F)C3)no2)cc1. The van der Waals surface area contributed by atoms with E-state index in [0.717, 1.165) is 17.7 Å². The Balaban J connectivity index is 1.54. The van der Waals surface area contributed by atoms with Crippen LogP contribution in [0.2, 0.25) is 0 Å². The summed E-state index contributed by atoms with van der Waals surface area (Å²) in [6.45, 7) is 0.197. The zero-order valence-electron chi connectivity index (χ0n) is 14.4. The molecule has 0 N–H and O–H groups in total. The van der Waals surface area contributed by atoms with Crippen molar-refractivity contribution in [2.24, 2.45) is 0 Å². The van der Waals surface area contributed by atoms with Crippen molar-refractivity contribution in [2.45, 2.75) is 12.3 Å². The molecule has 0 spiro atoms. The number of benzene rings is 2. The van der Waals surface area contributed by atoms with Gasteiger partial charge in [-0.2, -0.15) is 4.98 Å². The number of ether oxygens (including phenoxy) is 1. The summed E-state index contributed by atoms with van der Waals surface area (Å²) in [6, 6.07) is 10.3. The highest BCUT2D eigenvalue weighted by molar-refractivity contribution is 5.96. The lowest BCUT2D eigenvalue weighted by atomic mass is 10.1. The van der Waals surface area contributed by atoms with Crippen LogP contribution in [0.1, 0.15) is 18.2 Å². The fourth-order valence-corrected chi connectivity index (χ4v) is 3.07. The van der Waals surface area contributed by atoms with Crippen LogP contribution in [0.15, 0.2) is 47.0 Å². The maximum atomic E-state index is 14.0. The predicted molar refractivity (Wildman–Crippen MR) is 92.4 cm³/mol. The third kappa shape index (κ3) is 3.25. The summed E-state index contributed by atoms with van der Waals surface area (Å²) in [5.41, 5.74) is 0.767. The first-order valence-electron chi connectivity index (χ1n) is 8.28. The minimum absolute atomic E-state index is 0.0442. The summed E-state index contributed by atoms with van der Waals surface area (Å²) in [4.78, 5) is 18.0. The van der Waals surface area contributed by atoms with E-state index in [0.29, 0.717) is 17.5 Å². The van der Waals surface area contributed by atoms with Crippen molar-refractivity contribution in [2.75, 3.05) is 18.6 Å². The van der Waals surface area contributed by atoms with Gasteiger partial charge in [-0.3, -0.25) is 4.79 Å². The van der Waals surface area contributed by atoms with E-state index in [1.807, 2.05) is 0 Å². The summed E-state index contributed by atoms with van der Waals surface area (Å²) in [6.07, 6.45) is 0.123. The Morgan fingerprint density at radius 2 is 1.96 bits per heavy atom. The highest BCUT2D eigenvalue weighted by atomic mass is 19.1. The molecule has 0 bridgehead atoms. The zero-order chi connectivity index (χ0) is 19.0. The number of anilines is 1. The Bertz CT molecular complexity index is 988. The van der Waals surface area contributed by atoms with Gasteiger partial charge >= 0.3 is 0 Å². The van der Waals surface area contributed by atoms with E-state index in [2.05, 4.69) is 10.1 Å². The zero-order valence-corrected chi connectivity index (χ0v) is 14.4. The predicted octanol–water partition coefficient (Wildman–Crippen LogP) is 3.54. The molecule has 1 aliphatic rings. The number of halogens is 2. The van der Waals surface area contributed by atoms with Gasteiger partial charge < -0.3 is 14.2 Å². The summed E-state index contributed by atoms with van der Waals surface area (Å²) < 4.78 is 37.5. The van der Waals surface area contributed by atoms with Gasteiger partial charge in [0.15, 0.2) is 5.82 Å². The van der Waals surface area contributed by atoms with Crippen molar-refractivity contribution in [1.29, 1.82) is 0 Å². The third-order valence-electron chi connectivity index (χ3n) is 4.47. The molecule has 2 heterocycles. The summed E-state index contributed by atoms with van der Waals surface area (Å²) in [5, 5.41) is 3.97. The number of amides is 1. The first-order valence-corrected chi connectivity index (χ1v) is 8.28. The highest BCUT2D eigenvalue weighted by Gasteiger charge is 2.35. The molecule has 1 aliphatic heterocycles. The Morgan fingerprint density at radius 1 is 1.19 bits per heavy atom. The van der Waals surface area contributed by atoms with Gasteiger partial charge in [-0.05, 0) is 36.4 Å². The van der Waals surface area contributed by atoms with Crippen LogP contribution in [0.5, 0.6) is 5.75 Å². The number of nitrogens with zero attached hydrogens (tertiary/aromatic N) is 3. The van der Waals surface area contributed by atoms with Crippen molar-refractivity contribution in [3.63, 3.8) is 0 Å². The van der Waals surface area contributed by atoms with Crippen LogP contribution in [0.25, 0.3) is 11.5 Å². The number of hydrogen-bond donors (Lipinski definition) is 0. The Labute approximate surface area is 153 Å². The van der Waals surface area contributed by atoms with Crippen LogP contribution in [-0.4, -0.2) is 29.7 Å². The number of carbonyl (C=O) groups is 1. The Morgan fingerprint density at radius 3 is 2.67 bits per heavy atom. The third-order valence-corrected chi connectivity index (χ3v) is 4.47. The number of aromatic nitrogens is 2. The number of rotatable bonds is 4. The van der Waals surface area contributed by atoms with Crippen LogP contribution in [-0.2, 0) is 4.79 Å². The van der Waals surface area contributed by atoms with E-state index in [-0.39, 0.29) is 30.5 Å². The Kier molecular flexibility index (Phi) is 4.31. The minimum atomic E-state index is -0.781. The summed E-state index contributed by atoms with van der Waals surface area (Å²) in [7, 11) is 1.58. The second-order valence-corrected chi connectivity index (χ2v) is 6.19. The molecule has 4 rings (SSSR count). The van der Waals surface area contributed by atoms with Crippen LogP contribution in [0, 0.1) is 11.6 Å². The molecule has 1 amide bonds. The molecule has 6 nitrogen and oxygen atoms in total. The molecule has 1 saturated heterocycles. The number of hydrogen-bond acceptors (Lipinski definition) is 5. The van der Waals surface area contributed by atoms with Crippen molar-refractivity contribution < 1.29 is 22.8 Å². The molecule has 1 fully saturated rings. The van der Waals surface area contributed by atoms with Crippen molar-refractivity contribution in [3.8, 4) is 17.2 Å². The van der Waals surface area contributed by atoms with Gasteiger partial charge in [0, 0.05) is 30.5 Å². The normalized spacial score (nSPS) is 16.8. The van der Waals surface area contributed by atoms with E-state index in [4.69, 9.17) is 9.26 Å². The van der Waals surface area contributed by atoms with Crippen LogP contribution < -0.4 is 9.64 Å². The molecule has 1 aromatic heterocycles. The minimum Gasteiger partial charge on any atom is -0.497 e. The van der Waals surface area contributed by atoms with E-state index >= 15 is 0 Å². The number of carbonyl (C=O) groups excluding carboxylic acids is 1. The largest absolute Gasteiger partial charge is 0.497 e. The van der Waals surface area contributed by atoms with Crippen molar-refractivity contribution >= 4 is 11.6 Å².